The van der Waals surface area contributed by atoms with Crippen LogP contribution in [0, 0.1) is 0 Å². The molecule has 0 aliphatic rings. The van der Waals surface area contributed by atoms with Crippen LogP contribution in [0.25, 0.3) is 0 Å². The van der Waals surface area contributed by atoms with Crippen molar-refractivity contribution in [3.63, 3.8) is 0 Å². The molecule has 126 valence electrons. The topological polar surface area (TPSA) is 35.5 Å². The third-order valence-corrected chi connectivity index (χ3v) is 6.85. The van der Waals surface area contributed by atoms with E-state index in [9.17, 15) is 13.6 Å². The summed E-state index contributed by atoms with van der Waals surface area (Å²) in [4.78, 5) is 11.7. The molecular formula is C17H22F2O3Si. The van der Waals surface area contributed by atoms with Gasteiger partial charge in [0.15, 0.2) is 0 Å². The monoisotopic (exact) mass is 340 g/mol. The van der Waals surface area contributed by atoms with Gasteiger partial charge < -0.3 is 9.47 Å². The molecule has 0 amide bonds. The van der Waals surface area contributed by atoms with Gasteiger partial charge in [-0.05, 0) is 13.8 Å². The van der Waals surface area contributed by atoms with Gasteiger partial charge in [-0.25, -0.2) is 4.79 Å². The van der Waals surface area contributed by atoms with Crippen LogP contribution in [-0.2, 0) is 14.3 Å². The van der Waals surface area contributed by atoms with Crippen molar-refractivity contribution >= 4 is 19.2 Å². The van der Waals surface area contributed by atoms with Crippen LogP contribution in [0.4, 0.5) is 8.78 Å². The van der Waals surface area contributed by atoms with Crippen LogP contribution >= 0.6 is 0 Å². The Kier molecular flexibility index (Phi) is 7.16. The highest BCUT2D eigenvalue weighted by Crippen LogP contribution is 2.28. The first-order chi connectivity index (χ1) is 10.8. The number of hydrogen-bond donors (Lipinski definition) is 0. The molecule has 0 fully saturated rings. The molecular weight excluding hydrogens is 318 g/mol. The molecule has 0 N–H and O–H groups in total. The van der Waals surface area contributed by atoms with Gasteiger partial charge in [0, 0.05) is 0 Å². The van der Waals surface area contributed by atoms with E-state index >= 15 is 0 Å². The summed E-state index contributed by atoms with van der Waals surface area (Å²) in [5, 5.41) is 0.649. The zero-order chi connectivity index (χ0) is 17.5. The summed E-state index contributed by atoms with van der Waals surface area (Å²) in [6, 6.07) is 9.10. The van der Waals surface area contributed by atoms with Gasteiger partial charge >= 0.3 is 5.97 Å². The van der Waals surface area contributed by atoms with E-state index in [1.54, 1.807) is 26.9 Å². The van der Waals surface area contributed by atoms with Crippen molar-refractivity contribution < 1.29 is 23.0 Å². The summed E-state index contributed by atoms with van der Waals surface area (Å²) >= 11 is 0. The Morgan fingerprint density at radius 3 is 2.13 bits per heavy atom. The van der Waals surface area contributed by atoms with Gasteiger partial charge in [0.2, 0.25) is 0 Å². The van der Waals surface area contributed by atoms with Gasteiger partial charge in [-0.3, -0.25) is 0 Å². The number of halogens is 2. The molecule has 3 nitrogen and oxygen atoms in total. The summed E-state index contributed by atoms with van der Waals surface area (Å²) in [6.45, 7) is 7.29. The number of allylic oxidation sites excluding steroid dienone is 1. The maximum Gasteiger partial charge on any atom is 0.334 e. The van der Waals surface area contributed by atoms with Crippen LogP contribution < -0.4 is 5.19 Å². The van der Waals surface area contributed by atoms with Crippen molar-refractivity contribution in [1.82, 2.24) is 0 Å². The minimum Gasteiger partial charge on any atom is -0.494 e. The highest BCUT2D eigenvalue weighted by atomic mass is 28.3. The predicted molar refractivity (Wildman–Crippen MR) is 89.1 cm³/mol. The number of carbonyl (C=O) groups is 1. The standard InChI is InChI=1S/C17H22F2O3Si/c1-5-21-14(12-15(20)22-6-2)16(17(18)19)23(3,4)13-10-8-7-9-11-13/h7-12H,5-6H2,1-4H3/b14-12-. The Bertz CT molecular complexity index is 591. The molecule has 0 saturated heterocycles. The molecule has 0 radical (unpaired) electrons. The molecule has 1 aromatic carbocycles. The fourth-order valence-corrected chi connectivity index (χ4v) is 4.82. The number of rotatable bonds is 7. The molecule has 0 spiro atoms. The van der Waals surface area contributed by atoms with E-state index in [0.29, 0.717) is 0 Å². The lowest BCUT2D eigenvalue weighted by molar-refractivity contribution is -0.137. The van der Waals surface area contributed by atoms with Crippen molar-refractivity contribution in [3.05, 3.63) is 53.4 Å². The normalized spacial score (nSPS) is 11.8. The lowest BCUT2D eigenvalue weighted by atomic mass is 10.4. The molecule has 0 atom stereocenters. The van der Waals surface area contributed by atoms with Crippen LogP contribution in [0.1, 0.15) is 13.8 Å². The summed E-state index contributed by atoms with van der Waals surface area (Å²) in [5.74, 6) is -0.793. The average molecular weight is 340 g/mol. The van der Waals surface area contributed by atoms with Crippen molar-refractivity contribution in [2.75, 3.05) is 13.2 Å². The fourth-order valence-electron chi connectivity index (χ4n) is 2.27. The van der Waals surface area contributed by atoms with Crippen LogP contribution in [0.2, 0.25) is 13.1 Å². The molecule has 0 saturated carbocycles. The van der Waals surface area contributed by atoms with Gasteiger partial charge in [0.1, 0.15) is 13.8 Å². The molecule has 0 heterocycles. The second kappa shape index (κ2) is 8.62. The smallest absolute Gasteiger partial charge is 0.334 e. The first kappa shape index (κ1) is 19.1. The van der Waals surface area contributed by atoms with Gasteiger partial charge in [0.05, 0.1) is 24.5 Å². The minimum atomic E-state index is -2.73. The van der Waals surface area contributed by atoms with E-state index in [-0.39, 0.29) is 24.2 Å². The SMILES string of the molecule is CCOC(=O)/C=C(\OCC)C(=C(F)F)[Si](C)(C)c1ccccc1. The van der Waals surface area contributed by atoms with Crippen molar-refractivity contribution in [3.8, 4) is 0 Å². The molecule has 0 unspecified atom stereocenters. The minimum absolute atomic E-state index is 0.105. The third kappa shape index (κ3) is 5.02. The zero-order valence-corrected chi connectivity index (χ0v) is 14.9. The summed E-state index contributed by atoms with van der Waals surface area (Å²) in [7, 11) is -2.73. The summed E-state index contributed by atoms with van der Waals surface area (Å²) in [5.41, 5.74) is 0. The molecule has 0 aliphatic heterocycles. The average Bonchev–Trinajstić information content (AvgIpc) is 2.48. The van der Waals surface area contributed by atoms with E-state index in [1.165, 1.54) is 0 Å². The van der Waals surface area contributed by atoms with Gasteiger partial charge in [-0.1, -0.05) is 48.6 Å². The van der Waals surface area contributed by atoms with Crippen LogP contribution in [0.5, 0.6) is 0 Å². The largest absolute Gasteiger partial charge is 0.494 e. The van der Waals surface area contributed by atoms with Crippen LogP contribution in [0.3, 0.4) is 0 Å². The van der Waals surface area contributed by atoms with Crippen molar-refractivity contribution in [2.45, 2.75) is 26.9 Å². The number of hydrogen-bond acceptors (Lipinski definition) is 3. The van der Waals surface area contributed by atoms with E-state index in [2.05, 4.69) is 0 Å². The Balaban J connectivity index is 3.38. The van der Waals surface area contributed by atoms with Gasteiger partial charge in [-0.15, -0.1) is 0 Å². The first-order valence-electron chi connectivity index (χ1n) is 7.47. The van der Waals surface area contributed by atoms with Crippen molar-refractivity contribution in [2.24, 2.45) is 0 Å². The van der Waals surface area contributed by atoms with Crippen molar-refractivity contribution in [1.29, 1.82) is 0 Å². The van der Waals surface area contributed by atoms with E-state index < -0.39 is 20.1 Å². The first-order valence-corrected chi connectivity index (χ1v) is 10.5. The second-order valence-corrected chi connectivity index (χ2v) is 9.65. The molecule has 0 bridgehead atoms. The Hall–Kier alpha value is -1.95. The highest BCUT2D eigenvalue weighted by molar-refractivity contribution is 6.96. The van der Waals surface area contributed by atoms with Crippen LogP contribution in [-0.4, -0.2) is 27.3 Å². The number of esters is 1. The maximum absolute atomic E-state index is 13.7. The molecule has 6 heteroatoms. The molecule has 0 aliphatic carbocycles. The van der Waals surface area contributed by atoms with Gasteiger partial charge in [0.25, 0.3) is 6.08 Å². The third-order valence-electron chi connectivity index (χ3n) is 3.39. The Labute approximate surface area is 136 Å². The zero-order valence-electron chi connectivity index (χ0n) is 13.9. The maximum atomic E-state index is 13.7. The number of benzene rings is 1. The predicted octanol–water partition coefficient (Wildman–Crippen LogP) is 3.78. The highest BCUT2D eigenvalue weighted by Gasteiger charge is 2.36. The lowest BCUT2D eigenvalue weighted by Crippen LogP contribution is -2.45. The van der Waals surface area contributed by atoms with Gasteiger partial charge in [-0.2, -0.15) is 8.78 Å². The molecule has 23 heavy (non-hydrogen) atoms. The summed E-state index contributed by atoms with van der Waals surface area (Å²) < 4.78 is 37.6. The molecule has 1 aromatic rings. The summed E-state index contributed by atoms with van der Waals surface area (Å²) in [6.07, 6.45) is -0.811. The van der Waals surface area contributed by atoms with E-state index in [4.69, 9.17) is 9.47 Å². The number of carbonyl (C=O) groups excluding carboxylic acids is 1. The van der Waals surface area contributed by atoms with E-state index in [0.717, 1.165) is 11.3 Å². The van der Waals surface area contributed by atoms with Crippen LogP contribution in [0.15, 0.2) is 53.4 Å². The Morgan fingerprint density at radius 2 is 1.65 bits per heavy atom. The second-order valence-electron chi connectivity index (χ2n) is 5.32. The molecule has 0 aromatic heterocycles. The fraction of sp³-hybridized carbons (Fsp3) is 0.353. The lowest BCUT2D eigenvalue weighted by Gasteiger charge is -2.27. The number of ether oxygens (including phenoxy) is 2. The van der Waals surface area contributed by atoms with E-state index in [1.807, 2.05) is 30.3 Å². The quantitative estimate of drug-likeness (QED) is 0.249. The Morgan fingerprint density at radius 1 is 1.09 bits per heavy atom. The molecule has 1 rings (SSSR count).